The number of nitrogens with one attached hydrogen (secondary N) is 1. The van der Waals surface area contributed by atoms with Crippen LogP contribution in [0.3, 0.4) is 0 Å². The van der Waals surface area contributed by atoms with Crippen LogP contribution in [0.15, 0.2) is 18.2 Å². The standard InChI is InChI=1S/C17H23NO2/c19-16(10-12-4-1-2-5-12)14-8-9-15-13(11-14)6-3-7-17(20)18-15/h8-9,11-12,16,19H,1-7,10H2,(H,18,20). The Morgan fingerprint density at radius 3 is 2.80 bits per heavy atom. The van der Waals surface area contributed by atoms with E-state index in [1.54, 1.807) is 0 Å². The third-order valence-corrected chi connectivity index (χ3v) is 4.67. The number of hydrogen-bond acceptors (Lipinski definition) is 2. The average molecular weight is 273 g/mol. The van der Waals surface area contributed by atoms with E-state index in [1.165, 1.54) is 31.2 Å². The minimum Gasteiger partial charge on any atom is -0.388 e. The molecular formula is C17H23NO2. The summed E-state index contributed by atoms with van der Waals surface area (Å²) in [6.07, 6.45) is 8.07. The third kappa shape index (κ3) is 3.04. The normalized spacial score (nSPS) is 21.1. The lowest BCUT2D eigenvalue weighted by atomic mass is 9.94. The van der Waals surface area contributed by atoms with Crippen LogP contribution < -0.4 is 5.32 Å². The Labute approximate surface area is 120 Å². The van der Waals surface area contributed by atoms with E-state index in [9.17, 15) is 9.90 Å². The lowest BCUT2D eigenvalue weighted by Crippen LogP contribution is -2.10. The third-order valence-electron chi connectivity index (χ3n) is 4.67. The van der Waals surface area contributed by atoms with Gasteiger partial charge in [0.2, 0.25) is 5.91 Å². The Kier molecular flexibility index (Phi) is 4.06. The number of rotatable bonds is 3. The Bertz CT molecular complexity index is 492. The van der Waals surface area contributed by atoms with Crippen LogP contribution in [0, 0.1) is 5.92 Å². The average Bonchev–Trinajstić information content (AvgIpc) is 2.85. The highest BCUT2D eigenvalue weighted by molar-refractivity contribution is 5.92. The van der Waals surface area contributed by atoms with E-state index in [-0.39, 0.29) is 12.0 Å². The largest absolute Gasteiger partial charge is 0.388 e. The summed E-state index contributed by atoms with van der Waals surface area (Å²) in [7, 11) is 0. The molecule has 1 aliphatic heterocycles. The molecule has 3 heteroatoms. The zero-order valence-corrected chi connectivity index (χ0v) is 11.9. The van der Waals surface area contributed by atoms with E-state index in [1.807, 2.05) is 12.1 Å². The molecule has 1 fully saturated rings. The monoisotopic (exact) mass is 273 g/mol. The number of hydrogen-bond donors (Lipinski definition) is 2. The van der Waals surface area contributed by atoms with Crippen molar-refractivity contribution in [1.82, 2.24) is 0 Å². The number of carbonyl (C=O) groups excluding carboxylic acids is 1. The summed E-state index contributed by atoms with van der Waals surface area (Å²) in [5.41, 5.74) is 3.09. The molecule has 1 atom stereocenters. The van der Waals surface area contributed by atoms with Gasteiger partial charge in [0.05, 0.1) is 6.10 Å². The minimum atomic E-state index is -0.359. The maximum atomic E-state index is 11.5. The number of amides is 1. The van der Waals surface area contributed by atoms with E-state index < -0.39 is 0 Å². The van der Waals surface area contributed by atoms with Crippen molar-refractivity contribution in [2.75, 3.05) is 5.32 Å². The van der Waals surface area contributed by atoms with Crippen LogP contribution in [0.2, 0.25) is 0 Å². The van der Waals surface area contributed by atoms with Crippen molar-refractivity contribution in [3.8, 4) is 0 Å². The molecule has 0 bridgehead atoms. The Morgan fingerprint density at radius 1 is 1.20 bits per heavy atom. The maximum Gasteiger partial charge on any atom is 0.224 e. The summed E-state index contributed by atoms with van der Waals surface area (Å²) >= 11 is 0. The fourth-order valence-corrected chi connectivity index (χ4v) is 3.50. The number of anilines is 1. The second kappa shape index (κ2) is 5.96. The van der Waals surface area contributed by atoms with Gasteiger partial charge in [-0.15, -0.1) is 0 Å². The Balaban J connectivity index is 1.73. The topological polar surface area (TPSA) is 49.3 Å². The van der Waals surface area contributed by atoms with E-state index in [2.05, 4.69) is 11.4 Å². The fourth-order valence-electron chi connectivity index (χ4n) is 3.50. The van der Waals surface area contributed by atoms with Gasteiger partial charge in [0.25, 0.3) is 0 Å². The van der Waals surface area contributed by atoms with Crippen LogP contribution in [0.1, 0.15) is 62.2 Å². The molecule has 1 unspecified atom stereocenters. The van der Waals surface area contributed by atoms with Crippen LogP contribution >= 0.6 is 0 Å². The van der Waals surface area contributed by atoms with E-state index in [0.717, 1.165) is 30.5 Å². The number of aryl methyl sites for hydroxylation is 1. The van der Waals surface area contributed by atoms with Gasteiger partial charge >= 0.3 is 0 Å². The van der Waals surface area contributed by atoms with Gasteiger partial charge in [-0.1, -0.05) is 37.8 Å². The first-order chi connectivity index (χ1) is 9.72. The molecule has 2 N–H and O–H groups in total. The minimum absolute atomic E-state index is 0.100. The molecule has 20 heavy (non-hydrogen) atoms. The Hall–Kier alpha value is -1.35. The van der Waals surface area contributed by atoms with E-state index >= 15 is 0 Å². The van der Waals surface area contributed by atoms with Crippen LogP contribution in [0.5, 0.6) is 0 Å². The molecular weight excluding hydrogens is 250 g/mol. The van der Waals surface area contributed by atoms with Gasteiger partial charge in [0, 0.05) is 12.1 Å². The van der Waals surface area contributed by atoms with Gasteiger partial charge in [-0.25, -0.2) is 0 Å². The van der Waals surface area contributed by atoms with Gasteiger partial charge in [0.15, 0.2) is 0 Å². The van der Waals surface area contributed by atoms with Crippen LogP contribution in [0.25, 0.3) is 0 Å². The van der Waals surface area contributed by atoms with Gasteiger partial charge in [-0.3, -0.25) is 4.79 Å². The van der Waals surface area contributed by atoms with Crippen LogP contribution in [-0.2, 0) is 11.2 Å². The summed E-state index contributed by atoms with van der Waals surface area (Å²) in [5, 5.41) is 13.4. The van der Waals surface area contributed by atoms with Crippen molar-refractivity contribution in [3.05, 3.63) is 29.3 Å². The molecule has 1 amide bonds. The first-order valence-electron chi connectivity index (χ1n) is 7.83. The highest BCUT2D eigenvalue weighted by atomic mass is 16.3. The SMILES string of the molecule is O=C1CCCc2cc(C(O)CC3CCCC3)ccc2N1. The van der Waals surface area contributed by atoms with Crippen molar-refractivity contribution < 1.29 is 9.90 Å². The number of fused-ring (bicyclic) bond motifs is 1. The van der Waals surface area contributed by atoms with Crippen LogP contribution in [-0.4, -0.2) is 11.0 Å². The molecule has 0 saturated heterocycles. The number of benzene rings is 1. The number of carbonyl (C=O) groups is 1. The van der Waals surface area contributed by atoms with Gasteiger partial charge in [0.1, 0.15) is 0 Å². The quantitative estimate of drug-likeness (QED) is 0.884. The number of aliphatic hydroxyl groups is 1. The molecule has 1 aromatic rings. The molecule has 0 aromatic heterocycles. The molecule has 3 nitrogen and oxygen atoms in total. The second-order valence-electron chi connectivity index (χ2n) is 6.22. The van der Waals surface area contributed by atoms with E-state index in [4.69, 9.17) is 0 Å². The highest BCUT2D eigenvalue weighted by Gasteiger charge is 2.21. The second-order valence-corrected chi connectivity index (χ2v) is 6.22. The van der Waals surface area contributed by atoms with Crippen molar-refractivity contribution in [3.63, 3.8) is 0 Å². The first kappa shape index (κ1) is 13.6. The lowest BCUT2D eigenvalue weighted by Gasteiger charge is -2.17. The molecule has 0 spiro atoms. The van der Waals surface area contributed by atoms with Gasteiger partial charge in [-0.05, 0) is 42.4 Å². The fraction of sp³-hybridized carbons (Fsp3) is 0.588. The number of aliphatic hydroxyl groups excluding tert-OH is 1. The molecule has 1 heterocycles. The molecule has 1 saturated carbocycles. The van der Waals surface area contributed by atoms with Crippen molar-refractivity contribution in [2.45, 2.75) is 57.5 Å². The molecule has 2 aliphatic rings. The predicted octanol–water partition coefficient (Wildman–Crippen LogP) is 3.58. The summed E-state index contributed by atoms with van der Waals surface area (Å²) < 4.78 is 0. The zero-order valence-electron chi connectivity index (χ0n) is 11.9. The molecule has 1 aromatic carbocycles. The summed E-state index contributed by atoms with van der Waals surface area (Å²) in [4.78, 5) is 11.5. The van der Waals surface area contributed by atoms with Gasteiger partial charge in [-0.2, -0.15) is 0 Å². The molecule has 0 radical (unpaired) electrons. The summed E-state index contributed by atoms with van der Waals surface area (Å²) in [5.74, 6) is 0.784. The van der Waals surface area contributed by atoms with Crippen LogP contribution in [0.4, 0.5) is 5.69 Å². The van der Waals surface area contributed by atoms with Crippen molar-refractivity contribution >= 4 is 11.6 Å². The molecule has 3 rings (SSSR count). The smallest absolute Gasteiger partial charge is 0.224 e. The molecule has 1 aliphatic carbocycles. The highest BCUT2D eigenvalue weighted by Crippen LogP contribution is 2.34. The first-order valence-corrected chi connectivity index (χ1v) is 7.83. The zero-order chi connectivity index (χ0) is 13.9. The maximum absolute atomic E-state index is 11.5. The summed E-state index contributed by atoms with van der Waals surface area (Å²) in [6.45, 7) is 0. The van der Waals surface area contributed by atoms with Gasteiger partial charge < -0.3 is 10.4 Å². The van der Waals surface area contributed by atoms with Crippen molar-refractivity contribution in [2.24, 2.45) is 5.92 Å². The summed E-state index contributed by atoms with van der Waals surface area (Å²) in [6, 6.07) is 6.00. The lowest BCUT2D eigenvalue weighted by molar-refractivity contribution is -0.116. The van der Waals surface area contributed by atoms with Crippen molar-refractivity contribution in [1.29, 1.82) is 0 Å². The molecule has 108 valence electrons. The van der Waals surface area contributed by atoms with E-state index in [0.29, 0.717) is 12.3 Å². The Morgan fingerprint density at radius 2 is 2.00 bits per heavy atom. The predicted molar refractivity (Wildman–Crippen MR) is 79.5 cm³/mol.